The van der Waals surface area contributed by atoms with E-state index in [0.29, 0.717) is 0 Å². The van der Waals surface area contributed by atoms with E-state index in [-0.39, 0.29) is 36.1 Å². The minimum Gasteiger partial charge on any atom is -0.373 e. The molecule has 2 rings (SSSR count). The van der Waals surface area contributed by atoms with Crippen LogP contribution in [0.1, 0.15) is 51.8 Å². The van der Waals surface area contributed by atoms with Gasteiger partial charge in [0.1, 0.15) is 0 Å². The molecule has 0 spiro atoms. The van der Waals surface area contributed by atoms with Crippen molar-refractivity contribution in [2.75, 3.05) is 13.1 Å². The maximum absolute atomic E-state index is 13.0. The molecule has 1 fully saturated rings. The van der Waals surface area contributed by atoms with Crippen LogP contribution in [0.25, 0.3) is 0 Å². The molecule has 1 saturated heterocycles. The van der Waals surface area contributed by atoms with E-state index in [1.807, 2.05) is 6.92 Å². The SMILES string of the molecule is Cc1ccc(C(C)NC(=O)C(C(C)C)N2CC(C)OC(C)C2)cc1. The van der Waals surface area contributed by atoms with Crippen LogP contribution in [-0.4, -0.2) is 42.1 Å². The molecular weight excluding hydrogens is 300 g/mol. The number of aryl methyl sites for hydroxylation is 1. The summed E-state index contributed by atoms with van der Waals surface area (Å²) in [5.74, 6) is 0.368. The van der Waals surface area contributed by atoms with E-state index in [2.05, 4.69) is 69.1 Å². The fourth-order valence-corrected chi connectivity index (χ4v) is 3.57. The molecule has 1 aliphatic heterocycles. The number of nitrogens with zero attached hydrogens (tertiary/aromatic N) is 1. The highest BCUT2D eigenvalue weighted by atomic mass is 16.5. The minimum atomic E-state index is -0.119. The van der Waals surface area contributed by atoms with E-state index in [0.717, 1.165) is 18.7 Å². The first kappa shape index (κ1) is 18.9. The second-order valence-electron chi connectivity index (χ2n) is 7.54. The second kappa shape index (κ2) is 8.13. The summed E-state index contributed by atoms with van der Waals surface area (Å²) in [4.78, 5) is 15.2. The van der Waals surface area contributed by atoms with Gasteiger partial charge < -0.3 is 10.1 Å². The van der Waals surface area contributed by atoms with Gasteiger partial charge in [-0.1, -0.05) is 43.7 Å². The number of morpholine rings is 1. The Morgan fingerprint density at radius 2 is 1.67 bits per heavy atom. The zero-order chi connectivity index (χ0) is 17.9. The highest BCUT2D eigenvalue weighted by Crippen LogP contribution is 2.20. The number of amides is 1. The van der Waals surface area contributed by atoms with Gasteiger partial charge in [-0.15, -0.1) is 0 Å². The zero-order valence-corrected chi connectivity index (χ0v) is 15.9. The third-order valence-electron chi connectivity index (χ3n) is 4.68. The zero-order valence-electron chi connectivity index (χ0n) is 15.9. The van der Waals surface area contributed by atoms with Gasteiger partial charge in [0.15, 0.2) is 0 Å². The van der Waals surface area contributed by atoms with Crippen LogP contribution in [0.2, 0.25) is 0 Å². The van der Waals surface area contributed by atoms with Crippen LogP contribution in [0.4, 0.5) is 0 Å². The van der Waals surface area contributed by atoms with Gasteiger partial charge in [-0.25, -0.2) is 0 Å². The van der Waals surface area contributed by atoms with Crippen molar-refractivity contribution < 1.29 is 9.53 Å². The van der Waals surface area contributed by atoms with Crippen LogP contribution in [-0.2, 0) is 9.53 Å². The standard InChI is InChI=1S/C20H32N2O2/c1-13(2)19(22-11-15(4)24-16(5)12-22)20(23)21-17(6)18-9-7-14(3)8-10-18/h7-10,13,15-17,19H,11-12H2,1-6H3,(H,21,23). The number of hydrogen-bond acceptors (Lipinski definition) is 3. The smallest absolute Gasteiger partial charge is 0.238 e. The topological polar surface area (TPSA) is 41.6 Å². The van der Waals surface area contributed by atoms with Gasteiger partial charge >= 0.3 is 0 Å². The number of rotatable bonds is 5. The second-order valence-corrected chi connectivity index (χ2v) is 7.54. The van der Waals surface area contributed by atoms with Crippen LogP contribution in [0.15, 0.2) is 24.3 Å². The van der Waals surface area contributed by atoms with Gasteiger partial charge in [0.05, 0.1) is 24.3 Å². The summed E-state index contributed by atoms with van der Waals surface area (Å²) in [5.41, 5.74) is 2.37. The van der Waals surface area contributed by atoms with Crippen molar-refractivity contribution in [2.24, 2.45) is 5.92 Å². The van der Waals surface area contributed by atoms with Gasteiger partial charge in [0.25, 0.3) is 0 Å². The molecule has 0 radical (unpaired) electrons. The van der Waals surface area contributed by atoms with E-state index in [1.54, 1.807) is 0 Å². The quantitative estimate of drug-likeness (QED) is 0.899. The summed E-state index contributed by atoms with van der Waals surface area (Å²) in [5, 5.41) is 3.20. The molecule has 4 heteroatoms. The van der Waals surface area contributed by atoms with Gasteiger partial charge in [0.2, 0.25) is 5.91 Å². The molecule has 0 bridgehead atoms. The molecule has 24 heavy (non-hydrogen) atoms. The van der Waals surface area contributed by atoms with Crippen LogP contribution >= 0.6 is 0 Å². The van der Waals surface area contributed by atoms with Crippen molar-refractivity contribution in [1.29, 1.82) is 0 Å². The maximum atomic E-state index is 13.0. The Morgan fingerprint density at radius 3 is 2.17 bits per heavy atom. The first-order valence-electron chi connectivity index (χ1n) is 9.04. The molecule has 1 amide bonds. The van der Waals surface area contributed by atoms with Crippen molar-refractivity contribution in [3.63, 3.8) is 0 Å². The van der Waals surface area contributed by atoms with E-state index >= 15 is 0 Å². The minimum absolute atomic E-state index is 0.00948. The van der Waals surface area contributed by atoms with Gasteiger partial charge in [0, 0.05) is 13.1 Å². The average molecular weight is 332 g/mol. The first-order chi connectivity index (χ1) is 11.3. The van der Waals surface area contributed by atoms with Gasteiger partial charge in [-0.2, -0.15) is 0 Å². The summed E-state index contributed by atoms with van der Waals surface area (Å²) in [6.07, 6.45) is 0.328. The van der Waals surface area contributed by atoms with Crippen molar-refractivity contribution in [2.45, 2.75) is 65.8 Å². The van der Waals surface area contributed by atoms with Gasteiger partial charge in [-0.3, -0.25) is 9.69 Å². The maximum Gasteiger partial charge on any atom is 0.238 e. The Morgan fingerprint density at radius 1 is 1.12 bits per heavy atom. The predicted molar refractivity (Wildman–Crippen MR) is 97.9 cm³/mol. The summed E-state index contributed by atoms with van der Waals surface area (Å²) in [6.45, 7) is 14.1. The van der Waals surface area contributed by atoms with E-state index in [4.69, 9.17) is 4.74 Å². The largest absolute Gasteiger partial charge is 0.373 e. The average Bonchev–Trinajstić information content (AvgIpc) is 2.46. The van der Waals surface area contributed by atoms with Crippen LogP contribution in [0.3, 0.4) is 0 Å². The number of carbonyl (C=O) groups excluding carboxylic acids is 1. The Hall–Kier alpha value is -1.39. The molecule has 4 nitrogen and oxygen atoms in total. The normalized spacial score (nSPS) is 24.6. The summed E-state index contributed by atoms with van der Waals surface area (Å²) in [7, 11) is 0. The monoisotopic (exact) mass is 332 g/mol. The van der Waals surface area contributed by atoms with Crippen LogP contribution < -0.4 is 5.32 Å². The number of benzene rings is 1. The van der Waals surface area contributed by atoms with E-state index < -0.39 is 0 Å². The lowest BCUT2D eigenvalue weighted by Crippen LogP contribution is -2.57. The van der Waals surface area contributed by atoms with Crippen molar-refractivity contribution in [3.05, 3.63) is 35.4 Å². The third kappa shape index (κ3) is 4.81. The Bertz CT molecular complexity index is 531. The highest BCUT2D eigenvalue weighted by Gasteiger charge is 2.34. The third-order valence-corrected chi connectivity index (χ3v) is 4.68. The molecule has 0 aliphatic carbocycles. The fourth-order valence-electron chi connectivity index (χ4n) is 3.57. The molecule has 4 atom stereocenters. The Labute approximate surface area is 146 Å². The molecule has 134 valence electrons. The summed E-state index contributed by atoms with van der Waals surface area (Å²) >= 11 is 0. The molecule has 1 aliphatic rings. The van der Waals surface area contributed by atoms with Crippen LogP contribution in [0.5, 0.6) is 0 Å². The summed E-state index contributed by atoms with van der Waals surface area (Å²) in [6, 6.07) is 8.24. The number of nitrogens with one attached hydrogen (secondary N) is 1. The molecule has 1 aromatic rings. The van der Waals surface area contributed by atoms with Crippen LogP contribution in [0, 0.1) is 12.8 Å². The molecule has 1 aromatic carbocycles. The summed E-state index contributed by atoms with van der Waals surface area (Å²) < 4.78 is 5.81. The molecule has 1 N–H and O–H groups in total. The fraction of sp³-hybridized carbons (Fsp3) is 0.650. The number of ether oxygens (including phenoxy) is 1. The lowest BCUT2D eigenvalue weighted by Gasteiger charge is -2.41. The van der Waals surface area contributed by atoms with E-state index in [1.165, 1.54) is 5.56 Å². The number of hydrogen-bond donors (Lipinski definition) is 1. The molecule has 0 aromatic heterocycles. The Balaban J connectivity index is 2.07. The van der Waals surface area contributed by atoms with Gasteiger partial charge in [-0.05, 0) is 39.2 Å². The first-order valence-corrected chi connectivity index (χ1v) is 9.04. The van der Waals surface area contributed by atoms with Crippen molar-refractivity contribution >= 4 is 5.91 Å². The highest BCUT2D eigenvalue weighted by molar-refractivity contribution is 5.82. The molecule has 0 saturated carbocycles. The van der Waals surface area contributed by atoms with Crippen molar-refractivity contribution in [1.82, 2.24) is 10.2 Å². The Kier molecular flexibility index (Phi) is 6.41. The lowest BCUT2D eigenvalue weighted by atomic mass is 9.98. The van der Waals surface area contributed by atoms with Crippen molar-refractivity contribution in [3.8, 4) is 0 Å². The lowest BCUT2D eigenvalue weighted by molar-refractivity contribution is -0.136. The molecule has 1 heterocycles. The van der Waals surface area contributed by atoms with E-state index in [9.17, 15) is 4.79 Å². The molecular formula is C20H32N2O2. The predicted octanol–water partition coefficient (Wildman–Crippen LogP) is 3.31. The number of carbonyl (C=O) groups is 1. The molecule has 4 unspecified atom stereocenters.